The maximum Gasteiger partial charge on any atom is 0.124 e. The number of rotatable bonds is 3. The summed E-state index contributed by atoms with van der Waals surface area (Å²) in [5, 5.41) is -0.107. The molecule has 1 atom stereocenters. The Bertz CT molecular complexity index is 478. The minimum atomic E-state index is -0.107. The first-order valence-electron chi connectivity index (χ1n) is 5.09. The molecule has 2 aromatic rings. The Morgan fingerprint density at radius 1 is 1.38 bits per heavy atom. The van der Waals surface area contributed by atoms with Crippen LogP contribution in [-0.4, -0.2) is 0 Å². The fraction of sp³-hybridized carbons (Fsp3) is 0.231. The molecule has 1 unspecified atom stereocenters. The normalized spacial score (nSPS) is 12.7. The molecule has 0 aliphatic heterocycles. The molecule has 0 saturated heterocycles. The van der Waals surface area contributed by atoms with Gasteiger partial charge in [-0.15, -0.1) is 11.6 Å². The third kappa shape index (κ3) is 2.69. The average molecular weight is 300 g/mol. The van der Waals surface area contributed by atoms with E-state index in [1.165, 1.54) is 5.56 Å². The van der Waals surface area contributed by atoms with Crippen molar-refractivity contribution in [2.24, 2.45) is 0 Å². The molecule has 1 heterocycles. The summed E-state index contributed by atoms with van der Waals surface area (Å²) in [5.41, 5.74) is 2.31. The van der Waals surface area contributed by atoms with Gasteiger partial charge in [0.1, 0.15) is 5.76 Å². The van der Waals surface area contributed by atoms with Crippen LogP contribution in [0.3, 0.4) is 0 Å². The topological polar surface area (TPSA) is 13.1 Å². The highest BCUT2D eigenvalue weighted by Gasteiger charge is 2.14. The van der Waals surface area contributed by atoms with Crippen molar-refractivity contribution in [3.63, 3.8) is 0 Å². The number of benzene rings is 1. The van der Waals surface area contributed by atoms with Crippen LogP contribution in [0.15, 0.2) is 45.5 Å². The summed E-state index contributed by atoms with van der Waals surface area (Å²) in [6.07, 6.45) is 2.45. The second-order valence-electron chi connectivity index (χ2n) is 3.77. The predicted molar refractivity (Wildman–Crippen MR) is 69.9 cm³/mol. The summed E-state index contributed by atoms with van der Waals surface area (Å²) in [5.74, 6) is 0.863. The molecule has 0 N–H and O–H groups in total. The highest BCUT2D eigenvalue weighted by molar-refractivity contribution is 9.10. The van der Waals surface area contributed by atoms with Crippen LogP contribution < -0.4 is 0 Å². The predicted octanol–water partition coefficient (Wildman–Crippen LogP) is 4.87. The fourth-order valence-electron chi connectivity index (χ4n) is 1.67. The number of aryl methyl sites for hydroxylation is 1. The molecule has 0 spiro atoms. The fourth-order valence-corrected chi connectivity index (χ4v) is 2.52. The smallest absolute Gasteiger partial charge is 0.124 e. The molecule has 2 rings (SSSR count). The monoisotopic (exact) mass is 298 g/mol. The maximum atomic E-state index is 6.33. The van der Waals surface area contributed by atoms with Crippen molar-refractivity contribution in [3.8, 4) is 0 Å². The molecular formula is C13H12BrClO. The van der Waals surface area contributed by atoms with E-state index in [-0.39, 0.29) is 5.38 Å². The molecule has 0 amide bonds. The lowest BCUT2D eigenvalue weighted by Gasteiger charge is -2.08. The summed E-state index contributed by atoms with van der Waals surface area (Å²) in [6.45, 7) is 2.01. The van der Waals surface area contributed by atoms with Gasteiger partial charge in [0.2, 0.25) is 0 Å². The van der Waals surface area contributed by atoms with Crippen molar-refractivity contribution in [2.45, 2.75) is 18.7 Å². The van der Waals surface area contributed by atoms with Crippen molar-refractivity contribution < 1.29 is 4.42 Å². The van der Waals surface area contributed by atoms with E-state index in [1.807, 2.05) is 25.1 Å². The second-order valence-corrected chi connectivity index (χ2v) is 5.21. The van der Waals surface area contributed by atoms with Gasteiger partial charge in [0.05, 0.1) is 11.6 Å². The molecule has 1 nitrogen and oxygen atoms in total. The summed E-state index contributed by atoms with van der Waals surface area (Å²) < 4.78 is 6.46. The minimum absolute atomic E-state index is 0.107. The summed E-state index contributed by atoms with van der Waals surface area (Å²) in [7, 11) is 0. The van der Waals surface area contributed by atoms with E-state index in [0.29, 0.717) is 0 Å². The Labute approximate surface area is 109 Å². The first-order valence-corrected chi connectivity index (χ1v) is 6.32. The average Bonchev–Trinajstić information content (AvgIpc) is 2.64. The summed E-state index contributed by atoms with van der Waals surface area (Å²) in [4.78, 5) is 0. The molecule has 1 aromatic carbocycles. The van der Waals surface area contributed by atoms with Gasteiger partial charge in [0.25, 0.3) is 0 Å². The van der Waals surface area contributed by atoms with Crippen LogP contribution in [0.25, 0.3) is 0 Å². The van der Waals surface area contributed by atoms with E-state index in [2.05, 4.69) is 28.1 Å². The van der Waals surface area contributed by atoms with Crippen LogP contribution in [0.2, 0.25) is 0 Å². The largest absolute Gasteiger partial charge is 0.467 e. The number of hydrogen-bond donors (Lipinski definition) is 0. The lowest BCUT2D eigenvalue weighted by molar-refractivity contribution is 0.499. The number of furan rings is 1. The number of hydrogen-bond acceptors (Lipinski definition) is 1. The van der Waals surface area contributed by atoms with Crippen LogP contribution in [0.4, 0.5) is 0 Å². The van der Waals surface area contributed by atoms with Gasteiger partial charge in [-0.25, -0.2) is 0 Å². The Morgan fingerprint density at radius 3 is 2.81 bits per heavy atom. The Balaban J connectivity index is 2.14. The van der Waals surface area contributed by atoms with Crippen LogP contribution in [0.1, 0.15) is 22.3 Å². The molecule has 0 fully saturated rings. The lowest BCUT2D eigenvalue weighted by Crippen LogP contribution is -1.96. The number of alkyl halides is 1. The van der Waals surface area contributed by atoms with E-state index in [4.69, 9.17) is 16.0 Å². The standard InChI is InChI=1S/C13H12BrClO/c1-9-5-6-16-13(9)12(15)8-10-3-2-4-11(14)7-10/h2-7,12H,8H2,1H3. The molecule has 3 heteroatoms. The minimum Gasteiger partial charge on any atom is -0.467 e. The van der Waals surface area contributed by atoms with E-state index in [1.54, 1.807) is 6.26 Å². The zero-order valence-electron chi connectivity index (χ0n) is 8.91. The van der Waals surface area contributed by atoms with Crippen molar-refractivity contribution in [1.82, 2.24) is 0 Å². The van der Waals surface area contributed by atoms with Gasteiger partial charge in [-0.3, -0.25) is 0 Å². The van der Waals surface area contributed by atoms with Crippen molar-refractivity contribution in [1.29, 1.82) is 0 Å². The molecule has 0 radical (unpaired) electrons. The van der Waals surface area contributed by atoms with Gasteiger partial charge in [0, 0.05) is 4.47 Å². The van der Waals surface area contributed by atoms with Gasteiger partial charge in [-0.1, -0.05) is 28.1 Å². The maximum absolute atomic E-state index is 6.33. The Morgan fingerprint density at radius 2 is 2.19 bits per heavy atom. The highest BCUT2D eigenvalue weighted by Crippen LogP contribution is 2.28. The van der Waals surface area contributed by atoms with Gasteiger partial charge in [-0.05, 0) is 42.7 Å². The second kappa shape index (κ2) is 5.07. The zero-order valence-corrected chi connectivity index (χ0v) is 11.3. The first kappa shape index (κ1) is 11.7. The Hall–Kier alpha value is -0.730. The Kier molecular flexibility index (Phi) is 3.72. The van der Waals surface area contributed by atoms with E-state index >= 15 is 0 Å². The van der Waals surface area contributed by atoms with E-state index in [0.717, 1.165) is 22.2 Å². The quantitative estimate of drug-likeness (QED) is 0.737. The number of halogens is 2. The molecule has 0 aliphatic rings. The molecule has 1 aromatic heterocycles. The van der Waals surface area contributed by atoms with E-state index < -0.39 is 0 Å². The SMILES string of the molecule is Cc1ccoc1C(Cl)Cc1cccc(Br)c1. The van der Waals surface area contributed by atoms with Crippen LogP contribution in [0, 0.1) is 6.92 Å². The molecule has 0 saturated carbocycles. The van der Waals surface area contributed by atoms with Gasteiger partial charge in [0.15, 0.2) is 0 Å². The molecule has 16 heavy (non-hydrogen) atoms. The zero-order chi connectivity index (χ0) is 11.5. The first-order chi connectivity index (χ1) is 7.66. The van der Waals surface area contributed by atoms with Crippen molar-refractivity contribution in [3.05, 3.63) is 58.0 Å². The summed E-state index contributed by atoms with van der Waals surface area (Å²) >= 11 is 9.78. The molecule has 0 bridgehead atoms. The van der Waals surface area contributed by atoms with Crippen LogP contribution >= 0.6 is 27.5 Å². The van der Waals surface area contributed by atoms with E-state index in [9.17, 15) is 0 Å². The summed E-state index contributed by atoms with van der Waals surface area (Å²) in [6, 6.07) is 10.1. The third-order valence-corrected chi connectivity index (χ3v) is 3.34. The van der Waals surface area contributed by atoms with Gasteiger partial charge < -0.3 is 4.42 Å². The molecular weight excluding hydrogens is 287 g/mol. The highest BCUT2D eigenvalue weighted by atomic mass is 79.9. The third-order valence-electron chi connectivity index (χ3n) is 2.49. The molecule has 0 aliphatic carbocycles. The van der Waals surface area contributed by atoms with Crippen LogP contribution in [0.5, 0.6) is 0 Å². The lowest BCUT2D eigenvalue weighted by atomic mass is 10.1. The van der Waals surface area contributed by atoms with Crippen LogP contribution in [-0.2, 0) is 6.42 Å². The van der Waals surface area contributed by atoms with Crippen molar-refractivity contribution >= 4 is 27.5 Å². The van der Waals surface area contributed by atoms with Crippen molar-refractivity contribution in [2.75, 3.05) is 0 Å². The van der Waals surface area contributed by atoms with Gasteiger partial charge >= 0.3 is 0 Å². The molecule has 84 valence electrons. The van der Waals surface area contributed by atoms with Gasteiger partial charge in [-0.2, -0.15) is 0 Å².